The van der Waals surface area contributed by atoms with E-state index in [2.05, 4.69) is 10.2 Å². The summed E-state index contributed by atoms with van der Waals surface area (Å²) < 4.78 is 5.80. The Hall–Kier alpha value is -2.21. The van der Waals surface area contributed by atoms with Gasteiger partial charge in [0.25, 0.3) is 0 Å². The number of piperidine rings is 1. The summed E-state index contributed by atoms with van der Waals surface area (Å²) in [6.07, 6.45) is 6.94. The molecule has 0 aromatic carbocycles. The lowest BCUT2D eigenvalue weighted by Crippen LogP contribution is -2.43. The highest BCUT2D eigenvalue weighted by atomic mass is 32.1. The van der Waals surface area contributed by atoms with Gasteiger partial charge in [-0.2, -0.15) is 5.10 Å². The van der Waals surface area contributed by atoms with Gasteiger partial charge in [0.15, 0.2) is 0 Å². The van der Waals surface area contributed by atoms with Crippen molar-refractivity contribution in [2.24, 2.45) is 0 Å². The van der Waals surface area contributed by atoms with Crippen LogP contribution < -0.4 is 4.74 Å². The van der Waals surface area contributed by atoms with Crippen LogP contribution in [-0.2, 0) is 4.79 Å². The molecule has 6 heteroatoms. The molecule has 0 spiro atoms. The third kappa shape index (κ3) is 3.92. The molecule has 0 N–H and O–H groups in total. The summed E-state index contributed by atoms with van der Waals surface area (Å²) in [7, 11) is 0. The number of ether oxygens (including phenoxy) is 1. The maximum Gasteiger partial charge on any atom is 0.246 e. The van der Waals surface area contributed by atoms with E-state index in [-0.39, 0.29) is 12.0 Å². The van der Waals surface area contributed by atoms with Crippen molar-refractivity contribution in [2.45, 2.75) is 18.9 Å². The van der Waals surface area contributed by atoms with Crippen molar-refractivity contribution in [3.05, 3.63) is 46.8 Å². The predicted molar refractivity (Wildman–Crippen MR) is 85.6 cm³/mol. The fraction of sp³-hybridized carbons (Fsp3) is 0.312. The first-order chi connectivity index (χ1) is 10.8. The van der Waals surface area contributed by atoms with Crippen LogP contribution in [0.15, 0.2) is 41.9 Å². The number of carbonyl (C=O) groups is 1. The molecule has 114 valence electrons. The van der Waals surface area contributed by atoms with E-state index >= 15 is 0 Å². The maximum absolute atomic E-state index is 12.3. The molecule has 0 saturated carbocycles. The molecule has 3 heterocycles. The molecular formula is C16H17N3O2S. The van der Waals surface area contributed by atoms with Gasteiger partial charge in [0.2, 0.25) is 11.8 Å². The topological polar surface area (TPSA) is 55.3 Å². The van der Waals surface area contributed by atoms with Crippen molar-refractivity contribution >= 4 is 23.3 Å². The third-order valence-corrected chi connectivity index (χ3v) is 4.30. The Kier molecular flexibility index (Phi) is 4.80. The maximum atomic E-state index is 12.3. The zero-order valence-electron chi connectivity index (χ0n) is 12.1. The third-order valence-electron chi connectivity index (χ3n) is 3.46. The van der Waals surface area contributed by atoms with Gasteiger partial charge in [-0.1, -0.05) is 6.07 Å². The monoisotopic (exact) mass is 315 g/mol. The lowest BCUT2D eigenvalue weighted by atomic mass is 10.1. The normalized spacial score (nSPS) is 18.5. The second-order valence-electron chi connectivity index (χ2n) is 5.08. The van der Waals surface area contributed by atoms with Crippen molar-refractivity contribution in [2.75, 3.05) is 13.1 Å². The van der Waals surface area contributed by atoms with Gasteiger partial charge in [0.1, 0.15) is 6.10 Å². The minimum Gasteiger partial charge on any atom is -0.471 e. The summed E-state index contributed by atoms with van der Waals surface area (Å²) in [5, 5.41) is 9.72. The summed E-state index contributed by atoms with van der Waals surface area (Å²) in [6, 6.07) is 7.54. The SMILES string of the molecule is O=C(/C=C/c1cccs1)N1CCC[C@@H](Oc2cccnn2)C1. The minimum atomic E-state index is -0.0236. The smallest absolute Gasteiger partial charge is 0.246 e. The quantitative estimate of drug-likeness (QED) is 0.814. The second kappa shape index (κ2) is 7.17. The van der Waals surface area contributed by atoms with Crippen LogP contribution in [0.3, 0.4) is 0 Å². The molecule has 3 rings (SSSR count). The highest BCUT2D eigenvalue weighted by Gasteiger charge is 2.24. The standard InChI is InChI=1S/C16H17N3O2S/c20-16(8-7-14-5-3-11-22-14)19-10-2-4-13(12-19)21-15-6-1-9-17-18-15/h1,3,5-9,11,13H,2,4,10,12H2/b8-7+/t13-/m1/s1. The van der Waals surface area contributed by atoms with E-state index in [0.29, 0.717) is 12.4 Å². The number of hydrogen-bond donors (Lipinski definition) is 0. The lowest BCUT2D eigenvalue weighted by molar-refractivity contribution is -0.128. The molecule has 0 aliphatic carbocycles. The van der Waals surface area contributed by atoms with Gasteiger partial charge in [-0.05, 0) is 36.4 Å². The van der Waals surface area contributed by atoms with Gasteiger partial charge in [0.05, 0.1) is 6.54 Å². The molecule has 1 aliphatic rings. The highest BCUT2D eigenvalue weighted by Crippen LogP contribution is 2.17. The van der Waals surface area contributed by atoms with Gasteiger partial charge in [-0.3, -0.25) is 4.79 Å². The molecule has 1 atom stereocenters. The number of nitrogens with zero attached hydrogens (tertiary/aromatic N) is 3. The van der Waals surface area contributed by atoms with Crippen molar-refractivity contribution in [3.63, 3.8) is 0 Å². The Bertz CT molecular complexity index is 628. The molecule has 1 aliphatic heterocycles. The average Bonchev–Trinajstić information content (AvgIpc) is 3.07. The van der Waals surface area contributed by atoms with Crippen LogP contribution in [-0.4, -0.2) is 40.2 Å². The molecule has 0 radical (unpaired) electrons. The van der Waals surface area contributed by atoms with Crippen LogP contribution in [0.2, 0.25) is 0 Å². The zero-order valence-corrected chi connectivity index (χ0v) is 12.9. The zero-order chi connectivity index (χ0) is 15.2. The molecule has 0 unspecified atom stereocenters. The Labute approximate surface area is 133 Å². The van der Waals surface area contributed by atoms with E-state index in [1.165, 1.54) is 0 Å². The Morgan fingerprint density at radius 3 is 3.14 bits per heavy atom. The fourth-order valence-electron chi connectivity index (χ4n) is 2.40. The van der Waals surface area contributed by atoms with Crippen LogP contribution >= 0.6 is 11.3 Å². The van der Waals surface area contributed by atoms with Gasteiger partial charge in [-0.25, -0.2) is 0 Å². The molecular weight excluding hydrogens is 298 g/mol. The lowest BCUT2D eigenvalue weighted by Gasteiger charge is -2.31. The van der Waals surface area contributed by atoms with Crippen molar-refractivity contribution < 1.29 is 9.53 Å². The van der Waals surface area contributed by atoms with Crippen molar-refractivity contribution in [3.8, 4) is 5.88 Å². The molecule has 2 aromatic heterocycles. The number of hydrogen-bond acceptors (Lipinski definition) is 5. The van der Waals surface area contributed by atoms with Gasteiger partial charge >= 0.3 is 0 Å². The molecule has 5 nitrogen and oxygen atoms in total. The van der Waals surface area contributed by atoms with Crippen LogP contribution in [0, 0.1) is 0 Å². The highest BCUT2D eigenvalue weighted by molar-refractivity contribution is 7.10. The number of aromatic nitrogens is 2. The fourth-order valence-corrected chi connectivity index (χ4v) is 3.02. The van der Waals surface area contributed by atoms with Crippen LogP contribution in [0.25, 0.3) is 6.08 Å². The molecule has 1 saturated heterocycles. The first-order valence-corrected chi connectivity index (χ1v) is 8.14. The first-order valence-electron chi connectivity index (χ1n) is 7.26. The predicted octanol–water partition coefficient (Wildman–Crippen LogP) is 2.62. The van der Waals surface area contributed by atoms with E-state index in [1.807, 2.05) is 28.5 Å². The van der Waals surface area contributed by atoms with Crippen LogP contribution in [0.4, 0.5) is 0 Å². The summed E-state index contributed by atoms with van der Waals surface area (Å²) in [6.45, 7) is 1.36. The Balaban J connectivity index is 1.57. The van der Waals surface area contributed by atoms with Gasteiger partial charge < -0.3 is 9.64 Å². The number of rotatable bonds is 4. The number of amides is 1. The summed E-state index contributed by atoms with van der Waals surface area (Å²) >= 11 is 1.62. The number of thiophene rings is 1. The van der Waals surface area contributed by atoms with E-state index in [9.17, 15) is 4.79 Å². The van der Waals surface area contributed by atoms with E-state index in [1.54, 1.807) is 35.7 Å². The molecule has 22 heavy (non-hydrogen) atoms. The number of carbonyl (C=O) groups excluding carboxylic acids is 1. The molecule has 0 bridgehead atoms. The summed E-state index contributed by atoms with van der Waals surface area (Å²) in [5.74, 6) is 0.539. The Morgan fingerprint density at radius 1 is 1.41 bits per heavy atom. The largest absolute Gasteiger partial charge is 0.471 e. The van der Waals surface area contributed by atoms with Crippen LogP contribution in [0.5, 0.6) is 5.88 Å². The van der Waals surface area contributed by atoms with E-state index in [0.717, 1.165) is 24.3 Å². The summed E-state index contributed by atoms with van der Waals surface area (Å²) in [5.41, 5.74) is 0. The van der Waals surface area contributed by atoms with Gasteiger partial charge in [0, 0.05) is 29.8 Å². The van der Waals surface area contributed by atoms with Crippen molar-refractivity contribution in [1.29, 1.82) is 0 Å². The first kappa shape index (κ1) is 14.7. The minimum absolute atomic E-state index is 0.0236. The van der Waals surface area contributed by atoms with E-state index in [4.69, 9.17) is 4.74 Å². The van der Waals surface area contributed by atoms with Crippen LogP contribution in [0.1, 0.15) is 17.7 Å². The summed E-state index contributed by atoms with van der Waals surface area (Å²) in [4.78, 5) is 15.2. The van der Waals surface area contributed by atoms with Crippen molar-refractivity contribution in [1.82, 2.24) is 15.1 Å². The van der Waals surface area contributed by atoms with E-state index < -0.39 is 0 Å². The average molecular weight is 315 g/mol. The number of likely N-dealkylation sites (tertiary alicyclic amines) is 1. The van der Waals surface area contributed by atoms with Gasteiger partial charge in [-0.15, -0.1) is 16.4 Å². The molecule has 1 fully saturated rings. The Morgan fingerprint density at radius 2 is 2.36 bits per heavy atom. The molecule has 1 amide bonds. The second-order valence-corrected chi connectivity index (χ2v) is 6.06. The molecule has 2 aromatic rings.